The molecule has 2 aromatic rings. The molecule has 2 aromatic carbocycles. The molecular weight excluding hydrogens is 211 g/mol. The molecule has 0 heterocycles. The van der Waals surface area contributed by atoms with Crippen molar-refractivity contribution >= 4 is 23.4 Å². The summed E-state index contributed by atoms with van der Waals surface area (Å²) in [6.45, 7) is 8.00. The molecule has 0 aliphatic rings. The largest absolute Gasteiger partial charge is 0.489 e. The van der Waals surface area contributed by atoms with E-state index in [1.54, 1.807) is 6.07 Å². The summed E-state index contributed by atoms with van der Waals surface area (Å²) in [6, 6.07) is 13.1. The first-order valence-corrected chi connectivity index (χ1v) is 6.13. The molecule has 0 unspecified atom stereocenters. The fraction of sp³-hybridized carbons (Fsp3) is 0.286. The third-order valence-electron chi connectivity index (χ3n) is 2.10. The van der Waals surface area contributed by atoms with E-state index in [1.807, 2.05) is 64.1 Å². The number of hydrogen-bond acceptors (Lipinski definition) is 2. The van der Waals surface area contributed by atoms with Crippen molar-refractivity contribution < 1.29 is 10.0 Å². The van der Waals surface area contributed by atoms with Crippen LogP contribution in [0, 0.1) is 0 Å². The van der Waals surface area contributed by atoms with Crippen molar-refractivity contribution in [1.29, 1.82) is 0 Å². The monoisotopic (exact) mass is 232 g/mol. The van der Waals surface area contributed by atoms with E-state index in [0.717, 1.165) is 10.8 Å². The van der Waals surface area contributed by atoms with Gasteiger partial charge in [-0.05, 0) is 16.2 Å². The second kappa shape index (κ2) is 8.79. The molecule has 0 atom stereocenters. The molecule has 0 saturated heterocycles. The Balaban J connectivity index is 0.000000581. The van der Waals surface area contributed by atoms with Crippen LogP contribution in [-0.2, 0) is 0 Å². The van der Waals surface area contributed by atoms with Crippen molar-refractivity contribution in [2.24, 2.45) is 0 Å². The summed E-state index contributed by atoms with van der Waals surface area (Å²) in [5, 5.41) is 20.1. The Labute approximate surface area is 104 Å². The van der Waals surface area contributed by atoms with Crippen molar-refractivity contribution in [3.8, 4) is 0 Å². The van der Waals surface area contributed by atoms with Gasteiger partial charge in [0.15, 0.2) is 0 Å². The molecule has 2 N–H and O–H groups in total. The van der Waals surface area contributed by atoms with Crippen LogP contribution in [0.15, 0.2) is 42.5 Å². The lowest BCUT2D eigenvalue weighted by atomic mass is 9.77. The van der Waals surface area contributed by atoms with Crippen LogP contribution in [0.5, 0.6) is 0 Å². The molecule has 2 rings (SSSR count). The van der Waals surface area contributed by atoms with Gasteiger partial charge in [-0.1, -0.05) is 70.2 Å². The van der Waals surface area contributed by atoms with Gasteiger partial charge in [0.2, 0.25) is 0 Å². The minimum absolute atomic E-state index is 0.554. The topological polar surface area (TPSA) is 40.5 Å². The van der Waals surface area contributed by atoms with Crippen molar-refractivity contribution in [2.45, 2.75) is 27.7 Å². The van der Waals surface area contributed by atoms with Gasteiger partial charge >= 0.3 is 7.12 Å². The van der Waals surface area contributed by atoms with E-state index in [9.17, 15) is 0 Å². The summed E-state index contributed by atoms with van der Waals surface area (Å²) in [7, 11) is -1.40. The Morgan fingerprint density at radius 3 is 1.88 bits per heavy atom. The molecular formula is C14H21BO2. The van der Waals surface area contributed by atoms with Crippen LogP contribution in [0.25, 0.3) is 10.8 Å². The first-order valence-electron chi connectivity index (χ1n) is 6.13. The number of benzene rings is 2. The third-order valence-corrected chi connectivity index (χ3v) is 2.10. The molecule has 0 saturated carbocycles. The molecule has 0 aromatic heterocycles. The molecule has 0 radical (unpaired) electrons. The maximum Gasteiger partial charge on any atom is 0.489 e. The molecule has 0 amide bonds. The van der Waals surface area contributed by atoms with E-state index >= 15 is 0 Å². The van der Waals surface area contributed by atoms with Gasteiger partial charge < -0.3 is 10.0 Å². The van der Waals surface area contributed by atoms with Crippen LogP contribution in [0.4, 0.5) is 0 Å². The molecule has 0 bridgehead atoms. The highest BCUT2D eigenvalue weighted by atomic mass is 16.4. The minimum Gasteiger partial charge on any atom is -0.423 e. The molecule has 92 valence electrons. The Morgan fingerprint density at radius 1 is 0.765 bits per heavy atom. The van der Waals surface area contributed by atoms with Gasteiger partial charge in [0.1, 0.15) is 0 Å². The van der Waals surface area contributed by atoms with Gasteiger partial charge in [-0.15, -0.1) is 0 Å². The molecule has 0 aliphatic heterocycles. The van der Waals surface area contributed by atoms with Crippen LogP contribution in [0.1, 0.15) is 27.7 Å². The number of hydrogen-bond donors (Lipinski definition) is 2. The zero-order chi connectivity index (χ0) is 13.3. The molecule has 17 heavy (non-hydrogen) atoms. The fourth-order valence-corrected chi connectivity index (χ4v) is 1.48. The number of fused-ring (bicyclic) bond motifs is 1. The minimum atomic E-state index is -1.40. The molecule has 0 spiro atoms. The van der Waals surface area contributed by atoms with Crippen LogP contribution < -0.4 is 5.46 Å². The summed E-state index contributed by atoms with van der Waals surface area (Å²) < 4.78 is 0. The van der Waals surface area contributed by atoms with E-state index in [-0.39, 0.29) is 0 Å². The highest BCUT2D eigenvalue weighted by Gasteiger charge is 2.13. The van der Waals surface area contributed by atoms with Crippen LogP contribution in [0.2, 0.25) is 0 Å². The molecule has 0 aliphatic carbocycles. The smallest absolute Gasteiger partial charge is 0.423 e. The lowest BCUT2D eigenvalue weighted by molar-refractivity contribution is 0.426. The Hall–Kier alpha value is -1.32. The SMILES string of the molecule is CC.CC.OB(O)c1cccc2ccccc12. The summed E-state index contributed by atoms with van der Waals surface area (Å²) in [4.78, 5) is 0. The summed E-state index contributed by atoms with van der Waals surface area (Å²) >= 11 is 0. The maximum atomic E-state index is 9.08. The van der Waals surface area contributed by atoms with Gasteiger partial charge in [-0.3, -0.25) is 0 Å². The Morgan fingerprint density at radius 2 is 1.29 bits per heavy atom. The van der Waals surface area contributed by atoms with Crippen LogP contribution in [-0.4, -0.2) is 17.2 Å². The fourth-order valence-electron chi connectivity index (χ4n) is 1.48. The maximum absolute atomic E-state index is 9.08. The normalized spacial score (nSPS) is 8.59. The predicted molar refractivity (Wildman–Crippen MR) is 76.5 cm³/mol. The van der Waals surface area contributed by atoms with Crippen molar-refractivity contribution in [1.82, 2.24) is 0 Å². The standard InChI is InChI=1S/C10H9BO2.2C2H6/c12-11(13)10-7-3-5-8-4-1-2-6-9(8)10;2*1-2/h1-7,12-13H;2*1-2H3. The average molecular weight is 232 g/mol. The van der Waals surface area contributed by atoms with Gasteiger partial charge in [0.05, 0.1) is 0 Å². The van der Waals surface area contributed by atoms with E-state index in [0.29, 0.717) is 5.46 Å². The lowest BCUT2D eigenvalue weighted by Gasteiger charge is -2.03. The third kappa shape index (κ3) is 4.21. The Kier molecular flexibility index (Phi) is 8.11. The first kappa shape index (κ1) is 15.7. The van der Waals surface area contributed by atoms with E-state index < -0.39 is 7.12 Å². The summed E-state index contributed by atoms with van der Waals surface area (Å²) in [5.74, 6) is 0. The molecule has 0 fully saturated rings. The van der Waals surface area contributed by atoms with Crippen LogP contribution in [0.3, 0.4) is 0 Å². The van der Waals surface area contributed by atoms with Crippen molar-refractivity contribution in [3.05, 3.63) is 42.5 Å². The van der Waals surface area contributed by atoms with E-state index in [1.165, 1.54) is 0 Å². The lowest BCUT2D eigenvalue weighted by Crippen LogP contribution is -2.30. The summed E-state index contributed by atoms with van der Waals surface area (Å²) in [6.07, 6.45) is 0. The van der Waals surface area contributed by atoms with Gasteiger partial charge in [-0.2, -0.15) is 0 Å². The van der Waals surface area contributed by atoms with Crippen molar-refractivity contribution in [2.75, 3.05) is 0 Å². The highest BCUT2D eigenvalue weighted by Crippen LogP contribution is 2.10. The van der Waals surface area contributed by atoms with E-state index in [4.69, 9.17) is 10.0 Å². The second-order valence-electron chi connectivity index (χ2n) is 2.94. The zero-order valence-corrected chi connectivity index (χ0v) is 11.0. The second-order valence-corrected chi connectivity index (χ2v) is 2.94. The quantitative estimate of drug-likeness (QED) is 0.742. The van der Waals surface area contributed by atoms with Gasteiger partial charge in [0.25, 0.3) is 0 Å². The highest BCUT2D eigenvalue weighted by molar-refractivity contribution is 6.61. The van der Waals surface area contributed by atoms with Gasteiger partial charge in [-0.25, -0.2) is 0 Å². The molecule has 2 nitrogen and oxygen atoms in total. The number of rotatable bonds is 1. The van der Waals surface area contributed by atoms with E-state index in [2.05, 4.69) is 0 Å². The summed E-state index contributed by atoms with van der Waals surface area (Å²) in [5.41, 5.74) is 0.554. The average Bonchev–Trinajstić information content (AvgIpc) is 2.42. The zero-order valence-electron chi connectivity index (χ0n) is 11.0. The Bertz CT molecular complexity index is 422. The van der Waals surface area contributed by atoms with Crippen LogP contribution >= 0.6 is 0 Å². The van der Waals surface area contributed by atoms with Crippen molar-refractivity contribution in [3.63, 3.8) is 0 Å². The molecule has 3 heteroatoms. The van der Waals surface area contributed by atoms with Gasteiger partial charge in [0, 0.05) is 0 Å². The predicted octanol–water partition coefficient (Wildman–Crippen LogP) is 2.57. The first-order chi connectivity index (χ1) is 8.29.